The average Bonchev–Trinajstić information content (AvgIpc) is 2.87. The van der Waals surface area contributed by atoms with Crippen molar-refractivity contribution < 1.29 is 0 Å². The van der Waals surface area contributed by atoms with Gasteiger partial charge in [-0.1, -0.05) is 28.1 Å². The first-order valence-electron chi connectivity index (χ1n) is 6.76. The Morgan fingerprint density at radius 3 is 2.74 bits per heavy atom. The van der Waals surface area contributed by atoms with Crippen LogP contribution < -0.4 is 5.32 Å². The molecule has 1 fully saturated rings. The van der Waals surface area contributed by atoms with E-state index in [1.165, 1.54) is 18.4 Å². The molecule has 1 aromatic carbocycles. The molecule has 0 radical (unpaired) electrons. The molecule has 0 spiro atoms. The monoisotopic (exact) mass is 319 g/mol. The van der Waals surface area contributed by atoms with Crippen LogP contribution in [0.4, 0.5) is 0 Å². The molecular formula is C15H18BrN3. The molecule has 1 heterocycles. The molecule has 1 aliphatic rings. The summed E-state index contributed by atoms with van der Waals surface area (Å²) in [6, 6.07) is 9.41. The SMILES string of the molecule is Brc1ccc(C2CC(NCCn3ccnc3)C2)cc1. The van der Waals surface area contributed by atoms with E-state index in [0.29, 0.717) is 6.04 Å². The van der Waals surface area contributed by atoms with Crippen molar-refractivity contribution in [2.75, 3.05) is 6.54 Å². The lowest BCUT2D eigenvalue weighted by atomic mass is 9.76. The van der Waals surface area contributed by atoms with E-state index in [-0.39, 0.29) is 0 Å². The maximum absolute atomic E-state index is 4.04. The van der Waals surface area contributed by atoms with Gasteiger partial charge in [-0.05, 0) is 36.5 Å². The lowest BCUT2D eigenvalue weighted by Crippen LogP contribution is -2.41. The number of nitrogens with one attached hydrogen (secondary N) is 1. The first kappa shape index (κ1) is 12.9. The molecule has 4 heteroatoms. The van der Waals surface area contributed by atoms with Gasteiger partial charge in [-0.25, -0.2) is 4.98 Å². The number of nitrogens with zero attached hydrogens (tertiary/aromatic N) is 2. The van der Waals surface area contributed by atoms with Crippen LogP contribution in [0.1, 0.15) is 24.3 Å². The van der Waals surface area contributed by atoms with E-state index in [0.717, 1.165) is 23.5 Å². The van der Waals surface area contributed by atoms with Gasteiger partial charge in [0.2, 0.25) is 0 Å². The van der Waals surface area contributed by atoms with E-state index in [9.17, 15) is 0 Å². The Morgan fingerprint density at radius 2 is 2.05 bits per heavy atom. The minimum atomic E-state index is 0.678. The minimum absolute atomic E-state index is 0.678. The summed E-state index contributed by atoms with van der Waals surface area (Å²) >= 11 is 3.48. The van der Waals surface area contributed by atoms with Gasteiger partial charge in [0.05, 0.1) is 6.33 Å². The van der Waals surface area contributed by atoms with Gasteiger partial charge in [0.15, 0.2) is 0 Å². The lowest BCUT2D eigenvalue weighted by Gasteiger charge is -2.36. The van der Waals surface area contributed by atoms with Crippen LogP contribution in [0.15, 0.2) is 47.5 Å². The number of halogens is 1. The molecule has 19 heavy (non-hydrogen) atoms. The normalized spacial score (nSPS) is 22.2. The van der Waals surface area contributed by atoms with Crippen molar-refractivity contribution in [2.24, 2.45) is 0 Å². The van der Waals surface area contributed by atoms with Crippen LogP contribution in [0.5, 0.6) is 0 Å². The second kappa shape index (κ2) is 5.88. The predicted molar refractivity (Wildman–Crippen MR) is 80.1 cm³/mol. The van der Waals surface area contributed by atoms with Gasteiger partial charge in [-0.3, -0.25) is 0 Å². The Balaban J connectivity index is 1.39. The largest absolute Gasteiger partial charge is 0.336 e. The van der Waals surface area contributed by atoms with Crippen LogP contribution in [0.25, 0.3) is 0 Å². The lowest BCUT2D eigenvalue weighted by molar-refractivity contribution is 0.288. The van der Waals surface area contributed by atoms with E-state index in [1.54, 1.807) is 0 Å². The van der Waals surface area contributed by atoms with E-state index in [1.807, 2.05) is 18.7 Å². The minimum Gasteiger partial charge on any atom is -0.336 e. The van der Waals surface area contributed by atoms with E-state index < -0.39 is 0 Å². The first-order chi connectivity index (χ1) is 9.31. The summed E-state index contributed by atoms with van der Waals surface area (Å²) in [6.45, 7) is 2.02. The molecule has 1 aliphatic carbocycles. The van der Waals surface area contributed by atoms with Crippen LogP contribution >= 0.6 is 15.9 Å². The number of rotatable bonds is 5. The Kier molecular flexibility index (Phi) is 3.99. The zero-order valence-electron chi connectivity index (χ0n) is 10.8. The fourth-order valence-electron chi connectivity index (χ4n) is 2.61. The van der Waals surface area contributed by atoms with Crippen LogP contribution in [0.2, 0.25) is 0 Å². The van der Waals surface area contributed by atoms with Crippen molar-refractivity contribution in [3.63, 3.8) is 0 Å². The number of hydrogen-bond acceptors (Lipinski definition) is 2. The summed E-state index contributed by atoms with van der Waals surface area (Å²) in [7, 11) is 0. The molecule has 0 bridgehead atoms. The molecule has 0 unspecified atom stereocenters. The summed E-state index contributed by atoms with van der Waals surface area (Å²) in [6.07, 6.45) is 8.21. The Bertz CT molecular complexity index is 501. The van der Waals surface area contributed by atoms with E-state index in [4.69, 9.17) is 0 Å². The van der Waals surface area contributed by atoms with Gasteiger partial charge in [-0.2, -0.15) is 0 Å². The number of imidazole rings is 1. The second-order valence-electron chi connectivity index (χ2n) is 5.17. The smallest absolute Gasteiger partial charge is 0.0946 e. The van der Waals surface area contributed by atoms with Gasteiger partial charge < -0.3 is 9.88 Å². The van der Waals surface area contributed by atoms with Crippen molar-refractivity contribution in [3.05, 3.63) is 53.0 Å². The summed E-state index contributed by atoms with van der Waals surface area (Å²) in [5.74, 6) is 0.735. The topological polar surface area (TPSA) is 29.9 Å². The van der Waals surface area contributed by atoms with Crippen LogP contribution in [0, 0.1) is 0 Å². The highest BCUT2D eigenvalue weighted by Crippen LogP contribution is 2.37. The quantitative estimate of drug-likeness (QED) is 0.917. The van der Waals surface area contributed by atoms with Crippen molar-refractivity contribution in [3.8, 4) is 0 Å². The molecule has 0 aliphatic heterocycles. The maximum Gasteiger partial charge on any atom is 0.0946 e. The van der Waals surface area contributed by atoms with E-state index >= 15 is 0 Å². The summed E-state index contributed by atoms with van der Waals surface area (Å²) < 4.78 is 3.27. The number of aromatic nitrogens is 2. The first-order valence-corrected chi connectivity index (χ1v) is 7.55. The van der Waals surface area contributed by atoms with Crippen molar-refractivity contribution in [1.29, 1.82) is 0 Å². The zero-order chi connectivity index (χ0) is 13.1. The predicted octanol–water partition coefficient (Wildman–Crippen LogP) is 3.18. The molecule has 2 aromatic rings. The third-order valence-corrected chi connectivity index (χ3v) is 4.37. The molecular weight excluding hydrogens is 302 g/mol. The molecule has 1 aromatic heterocycles. The molecule has 3 nitrogen and oxygen atoms in total. The second-order valence-corrected chi connectivity index (χ2v) is 6.09. The summed E-state index contributed by atoms with van der Waals surface area (Å²) in [4.78, 5) is 4.04. The average molecular weight is 320 g/mol. The fraction of sp³-hybridized carbons (Fsp3) is 0.400. The van der Waals surface area contributed by atoms with Gasteiger partial charge in [-0.15, -0.1) is 0 Å². The third-order valence-electron chi connectivity index (χ3n) is 3.84. The highest BCUT2D eigenvalue weighted by Gasteiger charge is 2.29. The summed E-state index contributed by atoms with van der Waals surface area (Å²) in [5.41, 5.74) is 1.47. The van der Waals surface area contributed by atoms with E-state index in [2.05, 4.69) is 55.1 Å². The Hall–Kier alpha value is -1.13. The van der Waals surface area contributed by atoms with Crippen molar-refractivity contribution >= 4 is 15.9 Å². The number of hydrogen-bond donors (Lipinski definition) is 1. The Labute approximate surface area is 122 Å². The van der Waals surface area contributed by atoms with Gasteiger partial charge in [0, 0.05) is 36.0 Å². The molecule has 0 saturated heterocycles. The molecule has 0 amide bonds. The standard InChI is InChI=1S/C15H18BrN3/c16-14-3-1-12(2-4-14)13-9-15(10-13)18-6-8-19-7-5-17-11-19/h1-5,7,11,13,15,18H,6,8-10H2. The highest BCUT2D eigenvalue weighted by molar-refractivity contribution is 9.10. The van der Waals surface area contributed by atoms with Crippen LogP contribution in [-0.4, -0.2) is 22.1 Å². The summed E-state index contributed by atoms with van der Waals surface area (Å²) in [5, 5.41) is 3.61. The molecule has 3 rings (SSSR count). The third kappa shape index (κ3) is 3.25. The van der Waals surface area contributed by atoms with Gasteiger partial charge >= 0.3 is 0 Å². The van der Waals surface area contributed by atoms with Crippen molar-refractivity contribution in [2.45, 2.75) is 31.3 Å². The Morgan fingerprint density at radius 1 is 1.26 bits per heavy atom. The molecule has 0 atom stereocenters. The molecule has 100 valence electrons. The number of benzene rings is 1. The maximum atomic E-state index is 4.04. The van der Waals surface area contributed by atoms with Gasteiger partial charge in [0.25, 0.3) is 0 Å². The highest BCUT2D eigenvalue weighted by atomic mass is 79.9. The molecule has 1 saturated carbocycles. The van der Waals surface area contributed by atoms with Crippen LogP contribution in [-0.2, 0) is 6.54 Å². The fourth-order valence-corrected chi connectivity index (χ4v) is 2.87. The molecule has 1 N–H and O–H groups in total. The van der Waals surface area contributed by atoms with Crippen molar-refractivity contribution in [1.82, 2.24) is 14.9 Å². The van der Waals surface area contributed by atoms with Crippen LogP contribution in [0.3, 0.4) is 0 Å². The zero-order valence-corrected chi connectivity index (χ0v) is 12.4. The van der Waals surface area contributed by atoms with Gasteiger partial charge in [0.1, 0.15) is 0 Å².